The van der Waals surface area contributed by atoms with Gasteiger partial charge >= 0.3 is 18.3 Å². The van der Waals surface area contributed by atoms with Crippen LogP contribution in [-0.2, 0) is 78.3 Å². The number of nitro groups is 1. The summed E-state index contributed by atoms with van der Waals surface area (Å²) in [7, 11) is 7.07. The van der Waals surface area contributed by atoms with Crippen LogP contribution in [0.2, 0.25) is 0 Å². The topological polar surface area (TPSA) is 419 Å². The molecule has 34 heteroatoms. The molecule has 0 aromatic heterocycles. The summed E-state index contributed by atoms with van der Waals surface area (Å²) >= 11 is 0. The molecule has 3 saturated heterocycles. The van der Waals surface area contributed by atoms with Gasteiger partial charge in [0, 0.05) is 139 Å². The number of piperidine rings is 3. The summed E-state index contributed by atoms with van der Waals surface area (Å²) in [6.07, 6.45) is 8.59. The number of carbonyl (C=O) groups excluding carboxylic acids is 6. The summed E-state index contributed by atoms with van der Waals surface area (Å²) in [5.74, 6) is 3.88. The molecular weight excluding hydrogens is 1630 g/mol. The molecule has 3 spiro atoms. The number of Topliss-reactive ketones (excluding diaryl/α,β-unsaturated/α-hetero) is 3. The molecular formula is C92H128N10O24. The number of amides is 2. The first-order valence-electron chi connectivity index (χ1n) is 45.1. The molecule has 12 atom stereocenters. The Morgan fingerprint density at radius 2 is 0.794 bits per heavy atom. The number of likely N-dealkylation sites (tertiary alicyclic amines) is 3. The van der Waals surface area contributed by atoms with Crippen molar-refractivity contribution < 1.29 is 111 Å². The number of rotatable bonds is 36. The number of likely N-dealkylation sites (N-methyl/N-ethyl adjacent to an activating group) is 4. The summed E-state index contributed by atoms with van der Waals surface area (Å²) in [6.45, 7) is 15.0. The summed E-state index contributed by atoms with van der Waals surface area (Å²) in [5.41, 5.74) is 10.0. The molecule has 9 fully saturated rings. The van der Waals surface area contributed by atoms with Crippen LogP contribution in [0.3, 0.4) is 0 Å². The second-order valence-corrected chi connectivity index (χ2v) is 36.3. The molecule has 690 valence electrons. The predicted octanol–water partition coefficient (Wildman–Crippen LogP) is 5.88. The molecule has 4 aromatic rings. The van der Waals surface area contributed by atoms with E-state index in [9.17, 15) is 54.2 Å². The quantitative estimate of drug-likeness (QED) is 0.00918. The van der Waals surface area contributed by atoms with Crippen LogP contribution >= 0.6 is 0 Å². The number of nitrogens with two attached hydrogens (primary N) is 2. The predicted molar refractivity (Wildman–Crippen MR) is 459 cm³/mol. The van der Waals surface area contributed by atoms with Crippen molar-refractivity contribution in [3.63, 3.8) is 0 Å². The lowest BCUT2D eigenvalue weighted by molar-refractivity contribution is -0.384. The number of benzene rings is 4. The van der Waals surface area contributed by atoms with E-state index in [0.717, 1.165) is 99.0 Å². The Morgan fingerprint density at radius 3 is 1.11 bits per heavy atom. The third kappa shape index (κ3) is 17.7. The van der Waals surface area contributed by atoms with E-state index >= 15 is 0 Å². The molecule has 15 aliphatic rings. The van der Waals surface area contributed by atoms with Crippen LogP contribution in [0.25, 0.3) is 0 Å². The fraction of sp³-hybridized carbons (Fsp3) is 0.674. The molecule has 6 heterocycles. The van der Waals surface area contributed by atoms with Crippen LogP contribution in [0, 0.1) is 27.9 Å². The first kappa shape index (κ1) is 92.6. The number of non-ortho nitro benzene ring substituents is 1. The minimum Gasteiger partial charge on any atom is -0.477 e. The Kier molecular flexibility index (Phi) is 28.9. The van der Waals surface area contributed by atoms with Crippen molar-refractivity contribution in [2.24, 2.45) is 29.2 Å². The van der Waals surface area contributed by atoms with Gasteiger partial charge < -0.3 is 109 Å². The van der Waals surface area contributed by atoms with Crippen LogP contribution in [-0.4, -0.2) is 320 Å². The van der Waals surface area contributed by atoms with Gasteiger partial charge in [-0.1, -0.05) is 25.6 Å². The van der Waals surface area contributed by atoms with Gasteiger partial charge in [0.05, 0.1) is 117 Å². The van der Waals surface area contributed by atoms with E-state index in [1.165, 1.54) is 72.6 Å². The molecule has 6 saturated carbocycles. The molecule has 4 aromatic carbocycles. The van der Waals surface area contributed by atoms with Crippen LogP contribution in [0.15, 0.2) is 60.7 Å². The highest BCUT2D eigenvalue weighted by Gasteiger charge is 2.77. The highest BCUT2D eigenvalue weighted by molar-refractivity contribution is 5.92. The van der Waals surface area contributed by atoms with Gasteiger partial charge in [0.25, 0.3) is 5.69 Å². The van der Waals surface area contributed by atoms with Crippen LogP contribution in [0.1, 0.15) is 137 Å². The van der Waals surface area contributed by atoms with Crippen molar-refractivity contribution >= 4 is 41.4 Å². The number of ketones is 3. The van der Waals surface area contributed by atoms with E-state index in [1.807, 2.05) is 32.3 Å². The Balaban J connectivity index is 0.000000170. The largest absolute Gasteiger partial charge is 0.519 e. The lowest BCUT2D eigenvalue weighted by atomic mass is 9.49. The number of hydrogen-bond donors (Lipinski definition) is 7. The SMILES string of the molecule is C.CN(CCOCCOCCN(C)C(=O)Oc1ccc2c3c1O[C@@H]1C(=O)CC[C@]4(O)[C@H](C2)N(CC2CC2)CC[C@@]314)C(=O)Oc1ccc2c3c1O[C@@H]1C(=O)CC[C@]4(O)[C@H](C2)N(CC2CC2)CC[C@@]314.CNCCOCCOCCNC.NCCOCCOCCN.O=C(Oc1ccc([N+](=O)[O-])cc1)Oc1ccc2c3c1O[C@@H]1C(=O)CC[C@]4(O)[C@H](C2)N(CC2CC2)CC[C@@]314. The Labute approximate surface area is 735 Å². The van der Waals surface area contributed by atoms with Gasteiger partial charge in [-0.25, -0.2) is 14.4 Å². The summed E-state index contributed by atoms with van der Waals surface area (Å²) < 4.78 is 73.8. The molecule has 19 rings (SSSR count). The number of nitrogens with zero attached hydrogens (tertiary/aromatic N) is 6. The Bertz CT molecular complexity index is 4410. The van der Waals surface area contributed by atoms with Crippen molar-refractivity contribution in [2.75, 3.05) is 186 Å². The molecule has 34 nitrogen and oxygen atoms in total. The highest BCUT2D eigenvalue weighted by Crippen LogP contribution is 2.69. The molecule has 0 unspecified atom stereocenters. The monoisotopic (exact) mass is 1760 g/mol. The standard InChI is InChI=1S/C50H62N4O12.C27H26N2O8.C8H20N2O2.C6H16N2O2.CH4/c1-51(45(57)63-35-9-7-31-25-37-49(59)13-11-33(55)43-47(49,39(31)41(35)65-43)15-17-53(37)27-29-3-4-29)19-21-61-23-24-62-22-20-52(2)46(58)64-36-10-8-32-26-38-50(60)14-12-34(56)44-48(50,40(32)42(36)66-44)16-18-54(38)28-30-5-6-30;30-19-9-10-27(32)21-13-16-3-8-20(36-25(31)35-18-6-4-17(5-7-18)29(33)34)23-22(16)26(27,24(19)37-23)11-12-28(21)14-15-1-2-15;1-9-3-5-11-7-8-12-6-4-10-2;7-1-3-9-5-6-10-4-2-8;/h7-10,29-30,37-38,43-44,59-60H,3-6,11-28H2,1-2H3;3-8,15,21,24,32H,1-2,9-14H2;9-10H,3-8H2,1-2H3;1-8H2;1H4/t37-,38-,43+,44+,47+,48+,49-,50-;21-,24+,26+,27-;;;/m00.../s1. The zero-order valence-electron chi connectivity index (χ0n) is 72.4. The van der Waals surface area contributed by atoms with Crippen LogP contribution < -0.4 is 55.3 Å². The number of nitro benzene ring substituents is 1. The van der Waals surface area contributed by atoms with Gasteiger partial charge in [0.2, 0.25) is 0 Å². The minimum atomic E-state index is -1.10. The number of aliphatic hydroxyl groups is 3. The highest BCUT2D eigenvalue weighted by atomic mass is 16.7. The molecule has 6 aliphatic heterocycles. The van der Waals surface area contributed by atoms with Gasteiger partial charge in [-0.05, 0) is 195 Å². The molecule has 9 aliphatic carbocycles. The Hall–Kier alpha value is -8.14. The molecule has 2 amide bonds. The summed E-state index contributed by atoms with van der Waals surface area (Å²) in [5, 5.41) is 54.3. The maximum Gasteiger partial charge on any atom is 0.519 e. The Morgan fingerprint density at radius 1 is 0.468 bits per heavy atom. The summed E-state index contributed by atoms with van der Waals surface area (Å²) in [6, 6.07) is 15.8. The van der Waals surface area contributed by atoms with Crippen molar-refractivity contribution in [3.8, 4) is 40.2 Å². The zero-order valence-corrected chi connectivity index (χ0v) is 72.4. The minimum absolute atomic E-state index is 0. The van der Waals surface area contributed by atoms with E-state index in [-0.39, 0.29) is 130 Å². The third-order valence-corrected chi connectivity index (χ3v) is 28.9. The van der Waals surface area contributed by atoms with Crippen molar-refractivity contribution in [1.29, 1.82) is 0 Å². The van der Waals surface area contributed by atoms with E-state index in [4.69, 9.17) is 73.0 Å². The zero-order chi connectivity index (χ0) is 87.6. The second-order valence-electron chi connectivity index (χ2n) is 36.3. The number of nitrogens with one attached hydrogen (secondary N) is 2. The van der Waals surface area contributed by atoms with Gasteiger partial charge in [-0.15, -0.1) is 0 Å². The first-order valence-corrected chi connectivity index (χ1v) is 45.1. The van der Waals surface area contributed by atoms with Crippen LogP contribution in [0.5, 0.6) is 40.2 Å². The average Bonchev–Trinajstić information content (AvgIpc) is 1.49. The first-order chi connectivity index (χ1) is 60.5. The van der Waals surface area contributed by atoms with Crippen molar-refractivity contribution in [3.05, 3.63) is 104 Å². The van der Waals surface area contributed by atoms with E-state index in [1.54, 1.807) is 32.3 Å². The van der Waals surface area contributed by atoms with E-state index in [2.05, 4.69) is 25.3 Å². The smallest absolute Gasteiger partial charge is 0.477 e. The maximum atomic E-state index is 13.4. The molecule has 6 bridgehead atoms. The van der Waals surface area contributed by atoms with E-state index < -0.39 is 74.6 Å². The normalized spacial score (nSPS) is 28.9. The van der Waals surface area contributed by atoms with Gasteiger partial charge in [-0.3, -0.25) is 39.2 Å². The number of carbonyl (C=O) groups is 6. The molecule has 126 heavy (non-hydrogen) atoms. The van der Waals surface area contributed by atoms with Crippen LogP contribution in [0.4, 0.5) is 20.1 Å². The second kappa shape index (κ2) is 39.3. The average molecular weight is 1760 g/mol. The maximum absolute atomic E-state index is 13.4. The number of ether oxygens (including phenoxy) is 13. The van der Waals surface area contributed by atoms with Crippen molar-refractivity contribution in [1.82, 2.24) is 35.1 Å². The van der Waals surface area contributed by atoms with Gasteiger partial charge in [0.1, 0.15) is 5.75 Å². The van der Waals surface area contributed by atoms with Gasteiger partial charge in [-0.2, -0.15) is 0 Å². The molecule has 9 N–H and O–H groups in total. The molecule has 0 radical (unpaired) electrons. The lowest BCUT2D eigenvalue weighted by Gasteiger charge is -2.62. The number of hydrogen-bond acceptors (Lipinski definition) is 31. The fourth-order valence-electron chi connectivity index (χ4n) is 22.3. The fourth-order valence-corrected chi connectivity index (χ4v) is 22.3. The van der Waals surface area contributed by atoms with Crippen molar-refractivity contribution in [2.45, 2.75) is 192 Å². The third-order valence-electron chi connectivity index (χ3n) is 28.9. The lowest BCUT2D eigenvalue weighted by Crippen LogP contribution is -2.76. The summed E-state index contributed by atoms with van der Waals surface area (Å²) in [4.78, 5) is 99.8. The van der Waals surface area contributed by atoms with Gasteiger partial charge in [0.15, 0.2) is 70.2 Å². The van der Waals surface area contributed by atoms with E-state index in [0.29, 0.717) is 146 Å².